The standard InChI is InChI=1S/C30H35N3O7S/c1-9-32(10-2)29(35)25-17(3)31-30-33(26(25)20-16-19(36-4)11-12-21(20)37-5)28(34)24(41-30)15-18-13-22(38-6)27(40-8)23(14-18)39-7/h11-16,26H,9-10H2,1-8H3/b24-15+/t26-/m0/s1. The van der Waals surface area contributed by atoms with Crippen molar-refractivity contribution in [2.24, 2.45) is 4.99 Å². The monoisotopic (exact) mass is 581 g/mol. The Morgan fingerprint density at radius 2 is 1.59 bits per heavy atom. The first-order valence-electron chi connectivity index (χ1n) is 13.1. The molecule has 0 aliphatic carbocycles. The number of rotatable bonds is 10. The summed E-state index contributed by atoms with van der Waals surface area (Å²) >= 11 is 1.24. The Labute approximate surface area is 242 Å². The van der Waals surface area contributed by atoms with Gasteiger partial charge >= 0.3 is 0 Å². The molecule has 0 saturated heterocycles. The number of carbonyl (C=O) groups is 1. The second-order valence-corrected chi connectivity index (χ2v) is 10.1. The molecule has 41 heavy (non-hydrogen) atoms. The Hall–Kier alpha value is -4.25. The maximum atomic E-state index is 14.1. The van der Waals surface area contributed by atoms with Crippen molar-refractivity contribution in [3.8, 4) is 28.7 Å². The Morgan fingerprint density at radius 3 is 2.12 bits per heavy atom. The summed E-state index contributed by atoms with van der Waals surface area (Å²) in [4.78, 5) is 35.0. The van der Waals surface area contributed by atoms with Crippen LogP contribution in [0.1, 0.15) is 37.9 Å². The third kappa shape index (κ3) is 5.41. The summed E-state index contributed by atoms with van der Waals surface area (Å²) in [6.45, 7) is 6.67. The van der Waals surface area contributed by atoms with Crippen LogP contribution in [0.4, 0.5) is 0 Å². The Balaban J connectivity index is 2.02. The fourth-order valence-electron chi connectivity index (χ4n) is 4.96. The van der Waals surface area contributed by atoms with E-state index in [1.807, 2.05) is 13.8 Å². The van der Waals surface area contributed by atoms with E-state index in [9.17, 15) is 9.59 Å². The number of hydrogen-bond acceptors (Lipinski definition) is 9. The molecule has 1 aliphatic rings. The van der Waals surface area contributed by atoms with Gasteiger partial charge in [-0.05, 0) is 62.7 Å². The number of ether oxygens (including phenoxy) is 5. The van der Waals surface area contributed by atoms with Gasteiger partial charge in [0.05, 0.1) is 51.4 Å². The average molecular weight is 582 g/mol. The van der Waals surface area contributed by atoms with Gasteiger partial charge in [-0.1, -0.05) is 11.3 Å². The van der Waals surface area contributed by atoms with E-state index in [0.717, 1.165) is 0 Å². The van der Waals surface area contributed by atoms with Gasteiger partial charge < -0.3 is 28.6 Å². The number of amides is 1. The molecule has 1 atom stereocenters. The van der Waals surface area contributed by atoms with E-state index >= 15 is 0 Å². The molecule has 1 aromatic heterocycles. The average Bonchev–Trinajstić information content (AvgIpc) is 3.29. The zero-order valence-electron chi connectivity index (χ0n) is 24.6. The summed E-state index contributed by atoms with van der Waals surface area (Å²) in [7, 11) is 7.73. The van der Waals surface area contributed by atoms with Crippen LogP contribution in [0.15, 0.2) is 51.4 Å². The number of benzene rings is 2. The van der Waals surface area contributed by atoms with E-state index in [0.29, 0.717) is 73.6 Å². The second kappa shape index (κ2) is 12.5. The number of carbonyl (C=O) groups excluding carboxylic acids is 1. The van der Waals surface area contributed by atoms with E-state index in [1.165, 1.54) is 32.7 Å². The van der Waals surface area contributed by atoms with Crippen LogP contribution < -0.4 is 38.6 Å². The van der Waals surface area contributed by atoms with E-state index in [-0.39, 0.29) is 11.5 Å². The van der Waals surface area contributed by atoms with Gasteiger partial charge in [-0.3, -0.25) is 14.2 Å². The van der Waals surface area contributed by atoms with Crippen LogP contribution >= 0.6 is 11.3 Å². The van der Waals surface area contributed by atoms with Crippen LogP contribution in [-0.2, 0) is 4.79 Å². The van der Waals surface area contributed by atoms with E-state index in [1.54, 1.807) is 67.0 Å². The van der Waals surface area contributed by atoms with Crippen LogP contribution in [0.25, 0.3) is 6.08 Å². The first kappa shape index (κ1) is 29.7. The van der Waals surface area contributed by atoms with Crippen molar-refractivity contribution in [1.29, 1.82) is 0 Å². The van der Waals surface area contributed by atoms with Gasteiger partial charge in [-0.25, -0.2) is 4.99 Å². The van der Waals surface area contributed by atoms with E-state index in [4.69, 9.17) is 28.7 Å². The predicted octanol–water partition coefficient (Wildman–Crippen LogP) is 3.15. The zero-order valence-corrected chi connectivity index (χ0v) is 25.4. The lowest BCUT2D eigenvalue weighted by molar-refractivity contribution is -0.127. The van der Waals surface area contributed by atoms with Crippen molar-refractivity contribution in [3.05, 3.63) is 72.4 Å². The summed E-state index contributed by atoms with van der Waals surface area (Å²) in [5, 5.41) is 0. The third-order valence-corrected chi connectivity index (χ3v) is 8.00. The topological polar surface area (TPSA) is 101 Å². The number of nitrogens with zero attached hydrogens (tertiary/aromatic N) is 3. The molecule has 11 heteroatoms. The molecule has 2 heterocycles. The highest BCUT2D eigenvalue weighted by molar-refractivity contribution is 7.07. The smallest absolute Gasteiger partial charge is 0.271 e. The highest BCUT2D eigenvalue weighted by Crippen LogP contribution is 2.39. The molecule has 0 unspecified atom stereocenters. The number of hydrogen-bond donors (Lipinski definition) is 0. The van der Waals surface area contributed by atoms with Gasteiger partial charge in [-0.2, -0.15) is 0 Å². The SMILES string of the molecule is CCN(CC)C(=O)C1=C(C)N=c2s/c(=C/c3cc(OC)c(OC)c(OC)c3)c(=O)n2[C@H]1c1cc(OC)ccc1OC. The number of thiazole rings is 1. The second-order valence-electron chi connectivity index (χ2n) is 9.13. The van der Waals surface area contributed by atoms with Gasteiger partial charge in [0.15, 0.2) is 16.3 Å². The lowest BCUT2D eigenvalue weighted by Crippen LogP contribution is -2.43. The van der Waals surface area contributed by atoms with Crippen LogP contribution in [0, 0.1) is 0 Å². The van der Waals surface area contributed by atoms with E-state index in [2.05, 4.69) is 0 Å². The number of likely N-dealkylation sites (N-methyl/N-ethyl adjacent to an activating group) is 1. The maximum Gasteiger partial charge on any atom is 0.271 e. The summed E-state index contributed by atoms with van der Waals surface area (Å²) in [5.41, 5.74) is 1.95. The third-order valence-electron chi connectivity index (χ3n) is 7.02. The first-order valence-corrected chi connectivity index (χ1v) is 13.9. The first-order chi connectivity index (χ1) is 19.8. The molecule has 0 spiro atoms. The normalized spacial score (nSPS) is 14.7. The molecule has 0 fully saturated rings. The largest absolute Gasteiger partial charge is 0.497 e. The Bertz CT molecular complexity index is 1640. The highest BCUT2D eigenvalue weighted by Gasteiger charge is 2.36. The number of methoxy groups -OCH3 is 5. The Morgan fingerprint density at radius 1 is 0.951 bits per heavy atom. The summed E-state index contributed by atoms with van der Waals surface area (Å²) in [5.74, 6) is 2.29. The fraction of sp³-hybridized carbons (Fsp3) is 0.367. The molecule has 0 radical (unpaired) electrons. The number of aromatic nitrogens is 1. The molecule has 0 N–H and O–H groups in total. The number of fused-ring (bicyclic) bond motifs is 1. The van der Waals surface area contributed by atoms with Gasteiger partial charge in [-0.15, -0.1) is 0 Å². The van der Waals surface area contributed by atoms with Crippen LogP contribution in [0.3, 0.4) is 0 Å². The van der Waals surface area contributed by atoms with Crippen molar-refractivity contribution in [1.82, 2.24) is 9.47 Å². The van der Waals surface area contributed by atoms with Crippen LogP contribution in [0.2, 0.25) is 0 Å². The minimum Gasteiger partial charge on any atom is -0.497 e. The van der Waals surface area contributed by atoms with Gasteiger partial charge in [0.1, 0.15) is 17.5 Å². The van der Waals surface area contributed by atoms with Crippen molar-refractivity contribution >= 4 is 23.3 Å². The van der Waals surface area contributed by atoms with Crippen LogP contribution in [0.5, 0.6) is 28.7 Å². The molecule has 4 rings (SSSR count). The summed E-state index contributed by atoms with van der Waals surface area (Å²) < 4.78 is 29.6. The fourth-order valence-corrected chi connectivity index (χ4v) is 6.01. The minimum absolute atomic E-state index is 0.190. The van der Waals surface area contributed by atoms with Crippen molar-refractivity contribution in [2.75, 3.05) is 48.6 Å². The molecule has 10 nitrogen and oxygen atoms in total. The zero-order chi connectivity index (χ0) is 29.8. The minimum atomic E-state index is -0.786. The molecule has 0 bridgehead atoms. The summed E-state index contributed by atoms with van der Waals surface area (Å²) in [6.07, 6.45) is 1.75. The molecule has 2 aromatic carbocycles. The maximum absolute atomic E-state index is 14.1. The molecule has 1 aliphatic heterocycles. The van der Waals surface area contributed by atoms with Crippen molar-refractivity contribution < 1.29 is 28.5 Å². The Kier molecular flexibility index (Phi) is 9.07. The molecule has 3 aromatic rings. The molecular formula is C30H35N3O7S. The van der Waals surface area contributed by atoms with Crippen LogP contribution in [-0.4, -0.2) is 64.0 Å². The van der Waals surface area contributed by atoms with E-state index < -0.39 is 6.04 Å². The molecule has 218 valence electrons. The molecule has 1 amide bonds. The predicted molar refractivity (Wildman–Crippen MR) is 157 cm³/mol. The lowest BCUT2D eigenvalue weighted by atomic mass is 9.93. The lowest BCUT2D eigenvalue weighted by Gasteiger charge is -2.30. The summed E-state index contributed by atoms with van der Waals surface area (Å²) in [6, 6.07) is 8.10. The molecular weight excluding hydrogens is 546 g/mol. The van der Waals surface area contributed by atoms with Crippen molar-refractivity contribution in [3.63, 3.8) is 0 Å². The van der Waals surface area contributed by atoms with Crippen molar-refractivity contribution in [2.45, 2.75) is 26.8 Å². The van der Waals surface area contributed by atoms with Gasteiger partial charge in [0.25, 0.3) is 11.5 Å². The van der Waals surface area contributed by atoms with Gasteiger partial charge in [0.2, 0.25) is 5.75 Å². The number of allylic oxidation sites excluding steroid dienone is 1. The highest BCUT2D eigenvalue weighted by atomic mass is 32.1. The quantitative estimate of drug-likeness (QED) is 0.363. The van der Waals surface area contributed by atoms with Gasteiger partial charge in [0, 0.05) is 18.7 Å². The molecule has 0 saturated carbocycles.